The van der Waals surface area contributed by atoms with E-state index in [2.05, 4.69) is 32.2 Å². The molecule has 0 fully saturated rings. The Bertz CT molecular complexity index is 464. The highest BCUT2D eigenvalue weighted by molar-refractivity contribution is 7.81. The Morgan fingerprint density at radius 3 is 0.816 bits per heavy atom. The molecule has 0 aromatic heterocycles. The molecule has 0 aromatic carbocycles. The number of thiol groups is 2. The Kier molecular flexibility index (Phi) is 50.0. The number of carboxylic acid groups (broad SMARTS) is 3. The van der Waals surface area contributed by atoms with Crippen molar-refractivity contribution in [2.24, 2.45) is 0 Å². The van der Waals surface area contributed by atoms with Gasteiger partial charge in [0.05, 0.1) is 24.7 Å². The van der Waals surface area contributed by atoms with Gasteiger partial charge in [-0.05, 0) is 6.42 Å². The van der Waals surface area contributed by atoms with E-state index < -0.39 is 17.9 Å². The molecule has 0 aliphatic heterocycles. The van der Waals surface area contributed by atoms with Crippen LogP contribution >= 0.6 is 25.3 Å². The van der Waals surface area contributed by atoms with Crippen molar-refractivity contribution in [3.05, 3.63) is 0 Å². The molecule has 230 valence electrons. The summed E-state index contributed by atoms with van der Waals surface area (Å²) in [5.74, 6) is -2.58. The number of aliphatic carboxylic acids is 3. The molecule has 0 spiro atoms. The minimum Gasteiger partial charge on any atom is -0.481 e. The van der Waals surface area contributed by atoms with E-state index in [0.29, 0.717) is 6.42 Å². The van der Waals surface area contributed by atoms with Gasteiger partial charge < -0.3 is 25.5 Å². The van der Waals surface area contributed by atoms with Crippen molar-refractivity contribution >= 4 is 43.2 Å². The number of hydrogen-bond acceptors (Lipinski definition) is 7. The van der Waals surface area contributed by atoms with Gasteiger partial charge in [-0.3, -0.25) is 14.4 Å². The molecular weight excluding hydrogens is 528 g/mol. The number of rotatable bonds is 23. The smallest absolute Gasteiger partial charge is 0.313 e. The van der Waals surface area contributed by atoms with Gasteiger partial charge in [-0.2, -0.15) is 25.3 Å². The summed E-state index contributed by atoms with van der Waals surface area (Å²) in [4.78, 5) is 29.0. The van der Waals surface area contributed by atoms with E-state index in [0.717, 1.165) is 12.8 Å². The lowest BCUT2D eigenvalue weighted by atomic mass is 10.0. The molecule has 38 heavy (non-hydrogen) atoms. The molecule has 0 unspecified atom stereocenters. The molecule has 10 heteroatoms. The summed E-state index contributed by atoms with van der Waals surface area (Å²) in [6.07, 6.45) is 26.1. The van der Waals surface area contributed by atoms with E-state index in [-0.39, 0.29) is 24.7 Å². The summed E-state index contributed by atoms with van der Waals surface area (Å²) in [6, 6.07) is 0. The highest BCUT2D eigenvalue weighted by atomic mass is 32.1. The number of aliphatic hydroxyl groups excluding tert-OH is 2. The first kappa shape index (κ1) is 44.1. The van der Waals surface area contributed by atoms with Gasteiger partial charge in [0, 0.05) is 6.42 Å². The summed E-state index contributed by atoms with van der Waals surface area (Å²) in [6.45, 7) is 2.03. The quantitative estimate of drug-likeness (QED) is 0.0506. The molecular formula is C28H58O8S2. The summed E-state index contributed by atoms with van der Waals surface area (Å²) in [5, 5.41) is 39.1. The minimum atomic E-state index is -0.881. The fourth-order valence-corrected chi connectivity index (χ4v) is 3.35. The van der Waals surface area contributed by atoms with E-state index in [1.54, 1.807) is 0 Å². The molecule has 0 aliphatic carbocycles. The SMILES string of the molecule is CCCCCCCCCCCCCCCCCCCCCC(=O)O.O=C(O)CS.O=C(O)CS.OCCO. The number of carbonyl (C=O) groups is 3. The molecule has 5 N–H and O–H groups in total. The molecule has 0 atom stereocenters. The molecule has 0 aromatic rings. The number of hydrogen-bond donors (Lipinski definition) is 7. The van der Waals surface area contributed by atoms with E-state index >= 15 is 0 Å². The highest BCUT2D eigenvalue weighted by Crippen LogP contribution is 2.14. The molecule has 0 radical (unpaired) electrons. The zero-order valence-electron chi connectivity index (χ0n) is 23.8. The Balaban J connectivity index is -0.000000335. The first-order valence-electron chi connectivity index (χ1n) is 14.3. The van der Waals surface area contributed by atoms with Crippen LogP contribution in [0.15, 0.2) is 0 Å². The second-order valence-corrected chi connectivity index (χ2v) is 9.69. The Hall–Kier alpha value is -0.970. The molecule has 8 nitrogen and oxygen atoms in total. The van der Waals surface area contributed by atoms with Gasteiger partial charge in [-0.15, -0.1) is 0 Å². The van der Waals surface area contributed by atoms with Crippen LogP contribution in [0.25, 0.3) is 0 Å². The summed E-state index contributed by atoms with van der Waals surface area (Å²) in [5.41, 5.74) is 0. The Labute approximate surface area is 242 Å². The van der Waals surface area contributed by atoms with Gasteiger partial charge in [-0.25, -0.2) is 0 Å². The van der Waals surface area contributed by atoms with Crippen molar-refractivity contribution in [1.82, 2.24) is 0 Å². The molecule has 0 bridgehead atoms. The standard InChI is InChI=1S/C22H44O2.2C2H4O2S.C2H6O2/c1-2-3-4-5-6-7-8-9-10-11-12-13-14-15-16-17-18-19-20-21-22(23)24;2*3-2(4)1-5;3-1-2-4/h2-21H2,1H3,(H,23,24);2*5H,1H2,(H,3,4);3-4H,1-2H2. The Morgan fingerprint density at radius 2 is 0.658 bits per heavy atom. The first-order chi connectivity index (χ1) is 18.2. The van der Waals surface area contributed by atoms with Crippen LogP contribution < -0.4 is 0 Å². The topological polar surface area (TPSA) is 152 Å². The normalized spacial score (nSPS) is 9.71. The van der Waals surface area contributed by atoms with E-state index in [9.17, 15) is 14.4 Å². The van der Waals surface area contributed by atoms with Crippen molar-refractivity contribution in [1.29, 1.82) is 0 Å². The van der Waals surface area contributed by atoms with Crippen molar-refractivity contribution in [2.45, 2.75) is 135 Å². The molecule has 0 saturated heterocycles. The van der Waals surface area contributed by atoms with Gasteiger partial charge in [-0.1, -0.05) is 122 Å². The van der Waals surface area contributed by atoms with Crippen LogP contribution in [0.4, 0.5) is 0 Å². The maximum absolute atomic E-state index is 10.4. The molecule has 0 heterocycles. The van der Waals surface area contributed by atoms with Gasteiger partial charge in [0.1, 0.15) is 0 Å². The zero-order valence-corrected chi connectivity index (χ0v) is 25.6. The van der Waals surface area contributed by atoms with Crippen LogP contribution in [0.3, 0.4) is 0 Å². The number of aliphatic hydroxyl groups is 2. The third-order valence-corrected chi connectivity index (χ3v) is 5.91. The maximum Gasteiger partial charge on any atom is 0.313 e. The van der Waals surface area contributed by atoms with Gasteiger partial charge in [0.15, 0.2) is 0 Å². The van der Waals surface area contributed by atoms with Crippen molar-refractivity contribution < 1.29 is 39.9 Å². The van der Waals surface area contributed by atoms with Crippen molar-refractivity contribution in [2.75, 3.05) is 24.7 Å². The third kappa shape index (κ3) is 64.8. The molecule has 0 aliphatic rings. The monoisotopic (exact) mass is 586 g/mol. The minimum absolute atomic E-state index is 0.0833. The van der Waals surface area contributed by atoms with Crippen LogP contribution in [0.1, 0.15) is 135 Å². The third-order valence-electron chi connectivity index (χ3n) is 5.36. The van der Waals surface area contributed by atoms with E-state index in [1.165, 1.54) is 109 Å². The fourth-order valence-electron chi connectivity index (χ4n) is 3.35. The van der Waals surface area contributed by atoms with Crippen LogP contribution in [0, 0.1) is 0 Å². The molecule has 0 saturated carbocycles. The summed E-state index contributed by atoms with van der Waals surface area (Å²) < 4.78 is 0. The molecule has 0 rings (SSSR count). The van der Waals surface area contributed by atoms with Crippen LogP contribution in [-0.2, 0) is 14.4 Å². The van der Waals surface area contributed by atoms with Crippen molar-refractivity contribution in [3.8, 4) is 0 Å². The van der Waals surface area contributed by atoms with Gasteiger partial charge in [0.25, 0.3) is 0 Å². The predicted octanol–water partition coefficient (Wildman–Crippen LogP) is 6.87. The number of unbranched alkanes of at least 4 members (excludes halogenated alkanes) is 18. The highest BCUT2D eigenvalue weighted by Gasteiger charge is 1.97. The van der Waals surface area contributed by atoms with Gasteiger partial charge in [0.2, 0.25) is 0 Å². The van der Waals surface area contributed by atoms with Crippen LogP contribution in [0.5, 0.6) is 0 Å². The Morgan fingerprint density at radius 1 is 0.447 bits per heavy atom. The largest absolute Gasteiger partial charge is 0.481 e. The van der Waals surface area contributed by atoms with E-state index in [4.69, 9.17) is 25.5 Å². The van der Waals surface area contributed by atoms with Gasteiger partial charge >= 0.3 is 17.9 Å². The predicted molar refractivity (Wildman–Crippen MR) is 163 cm³/mol. The number of carboxylic acids is 3. The lowest BCUT2D eigenvalue weighted by Crippen LogP contribution is -1.93. The fraction of sp³-hybridized carbons (Fsp3) is 0.893. The second-order valence-electron chi connectivity index (χ2n) is 9.06. The second kappa shape index (κ2) is 43.1. The van der Waals surface area contributed by atoms with Crippen LogP contribution in [0.2, 0.25) is 0 Å². The van der Waals surface area contributed by atoms with Crippen molar-refractivity contribution in [3.63, 3.8) is 0 Å². The summed E-state index contributed by atoms with van der Waals surface area (Å²) in [7, 11) is 0. The van der Waals surface area contributed by atoms with Crippen LogP contribution in [-0.4, -0.2) is 68.2 Å². The average Bonchev–Trinajstić information content (AvgIpc) is 2.90. The maximum atomic E-state index is 10.4. The molecule has 0 amide bonds. The zero-order chi connectivity index (χ0) is 29.7. The lowest BCUT2D eigenvalue weighted by Gasteiger charge is -2.03. The lowest BCUT2D eigenvalue weighted by molar-refractivity contribution is -0.137. The first-order valence-corrected chi connectivity index (χ1v) is 15.6. The summed E-state index contributed by atoms with van der Waals surface area (Å²) >= 11 is 6.83. The average molecular weight is 587 g/mol. The van der Waals surface area contributed by atoms with E-state index in [1.807, 2.05) is 0 Å².